The maximum absolute atomic E-state index is 12.7. The molecule has 1 unspecified atom stereocenters. The minimum Gasteiger partial charge on any atom is -0.493 e. The predicted octanol–water partition coefficient (Wildman–Crippen LogP) is 6.61. The molecule has 1 atom stereocenters. The molecule has 9 heteroatoms. The van der Waals surface area contributed by atoms with Crippen LogP contribution in [0.2, 0.25) is 0 Å². The molecular weight excluding hydrogens is 550 g/mol. The van der Waals surface area contributed by atoms with Crippen LogP contribution in [0.15, 0.2) is 96.2 Å². The second-order valence-electron chi connectivity index (χ2n) is 10.5. The van der Waals surface area contributed by atoms with Gasteiger partial charge in [0.05, 0.1) is 18.1 Å². The lowest BCUT2D eigenvalue weighted by molar-refractivity contribution is 0.200. The van der Waals surface area contributed by atoms with E-state index in [1.165, 1.54) is 18.9 Å². The van der Waals surface area contributed by atoms with Crippen molar-refractivity contribution < 1.29 is 22.7 Å². The van der Waals surface area contributed by atoms with E-state index < -0.39 is 16.1 Å². The molecule has 0 bridgehead atoms. The Balaban J connectivity index is 1.37. The Morgan fingerprint density at radius 1 is 0.929 bits per heavy atom. The maximum Gasteiger partial charge on any atom is 0.333 e. The van der Waals surface area contributed by atoms with Gasteiger partial charge in [-0.25, -0.2) is 17.9 Å². The van der Waals surface area contributed by atoms with E-state index in [0.717, 1.165) is 41.7 Å². The number of sulfonamides is 1. The molecule has 1 aliphatic rings. The fourth-order valence-corrected chi connectivity index (χ4v) is 6.52. The fourth-order valence-electron chi connectivity index (χ4n) is 5.36. The van der Waals surface area contributed by atoms with Crippen LogP contribution in [0, 0.1) is 6.92 Å². The number of benzene rings is 3. The highest BCUT2D eigenvalue weighted by Crippen LogP contribution is 2.37. The quantitative estimate of drug-likeness (QED) is 0.217. The molecule has 1 fully saturated rings. The number of aromatic nitrogens is 1. The second-order valence-corrected chi connectivity index (χ2v) is 12.1. The van der Waals surface area contributed by atoms with Crippen LogP contribution in [0.3, 0.4) is 0 Å². The number of nitrogens with zero attached hydrogens (tertiary/aromatic N) is 1. The third kappa shape index (κ3) is 7.09. The lowest BCUT2D eigenvalue weighted by Crippen LogP contribution is -2.34. The van der Waals surface area contributed by atoms with Crippen LogP contribution < -0.4 is 19.5 Å². The first-order valence-corrected chi connectivity index (χ1v) is 15.5. The van der Waals surface area contributed by atoms with Crippen LogP contribution in [-0.4, -0.2) is 32.6 Å². The second kappa shape index (κ2) is 13.1. The normalized spacial score (nSPS) is 14.2. The summed E-state index contributed by atoms with van der Waals surface area (Å²) in [6.45, 7) is 1.68. The molecule has 5 rings (SSSR count). The topological polar surface area (TPSA) is 107 Å². The van der Waals surface area contributed by atoms with E-state index in [4.69, 9.17) is 9.47 Å². The molecule has 1 aliphatic carbocycles. The summed E-state index contributed by atoms with van der Waals surface area (Å²) in [6, 6.07) is 23.2. The number of hydrogen-bond acceptors (Lipinski definition) is 6. The zero-order valence-electron chi connectivity index (χ0n) is 23.7. The van der Waals surface area contributed by atoms with Gasteiger partial charge in [0.15, 0.2) is 11.5 Å². The molecule has 0 radical (unpaired) electrons. The molecular formula is C33H35N3O5S. The number of anilines is 1. The van der Waals surface area contributed by atoms with Crippen molar-refractivity contribution in [3.8, 4) is 11.5 Å². The Hall–Kier alpha value is -4.37. The molecule has 0 spiro atoms. The molecule has 2 amide bonds. The van der Waals surface area contributed by atoms with Crippen LogP contribution in [0.5, 0.6) is 11.5 Å². The van der Waals surface area contributed by atoms with Crippen molar-refractivity contribution in [2.24, 2.45) is 0 Å². The number of rotatable bonds is 10. The third-order valence-corrected chi connectivity index (χ3v) is 9.05. The predicted molar refractivity (Wildman–Crippen MR) is 163 cm³/mol. The summed E-state index contributed by atoms with van der Waals surface area (Å²) in [7, 11) is -2.36. The highest BCUT2D eigenvalue weighted by Gasteiger charge is 2.23. The SMILES string of the molecule is COc1ccc(C(Cc2ccncc2)c2ccc(NC(=O)NS(=O)(=O)c3ccccc3C)cc2)cc1OC1CCCC1. The molecule has 8 nitrogen and oxygen atoms in total. The van der Waals surface area contributed by atoms with Crippen molar-refractivity contribution >= 4 is 21.7 Å². The highest BCUT2D eigenvalue weighted by atomic mass is 32.2. The number of methoxy groups -OCH3 is 1. The summed E-state index contributed by atoms with van der Waals surface area (Å²) in [5, 5.41) is 2.63. The first-order chi connectivity index (χ1) is 20.3. The van der Waals surface area contributed by atoms with Crippen molar-refractivity contribution in [2.45, 2.75) is 55.9 Å². The lowest BCUT2D eigenvalue weighted by Gasteiger charge is -2.22. The van der Waals surface area contributed by atoms with Gasteiger partial charge in [0.2, 0.25) is 0 Å². The van der Waals surface area contributed by atoms with Crippen molar-refractivity contribution in [3.05, 3.63) is 114 Å². The average Bonchev–Trinajstić information content (AvgIpc) is 3.50. The molecule has 1 aromatic heterocycles. The number of pyridine rings is 1. The van der Waals surface area contributed by atoms with Gasteiger partial charge >= 0.3 is 6.03 Å². The Labute approximate surface area is 247 Å². The molecule has 218 valence electrons. The standard InChI is InChI=1S/C33H35N3O5S/c1-23-7-3-6-10-32(23)42(38,39)36-33(37)35-27-14-11-25(12-15-27)29(21-24-17-19-34-20-18-24)26-13-16-30(40-2)31(22-26)41-28-8-4-5-9-28/h3,6-7,10-20,22,28-29H,4-5,8-9,21H2,1-2H3,(H2,35,36,37). The van der Waals surface area contributed by atoms with E-state index in [9.17, 15) is 13.2 Å². The number of carbonyl (C=O) groups is 1. The van der Waals surface area contributed by atoms with E-state index in [0.29, 0.717) is 17.0 Å². The molecule has 4 aromatic rings. The van der Waals surface area contributed by atoms with Crippen LogP contribution in [0.25, 0.3) is 0 Å². The van der Waals surface area contributed by atoms with Crippen LogP contribution in [-0.2, 0) is 16.4 Å². The third-order valence-electron chi connectivity index (χ3n) is 7.56. The van der Waals surface area contributed by atoms with Gasteiger partial charge in [-0.1, -0.05) is 36.4 Å². The lowest BCUT2D eigenvalue weighted by atomic mass is 9.86. The number of hydrogen-bond donors (Lipinski definition) is 2. The van der Waals surface area contributed by atoms with E-state index >= 15 is 0 Å². The van der Waals surface area contributed by atoms with Gasteiger partial charge in [-0.3, -0.25) is 4.98 Å². The smallest absolute Gasteiger partial charge is 0.333 e. The summed E-state index contributed by atoms with van der Waals surface area (Å²) >= 11 is 0. The van der Waals surface area contributed by atoms with Crippen molar-refractivity contribution in [1.82, 2.24) is 9.71 Å². The van der Waals surface area contributed by atoms with Gasteiger partial charge in [-0.2, -0.15) is 0 Å². The highest BCUT2D eigenvalue weighted by molar-refractivity contribution is 7.90. The Morgan fingerprint density at radius 3 is 2.31 bits per heavy atom. The maximum atomic E-state index is 12.7. The number of carbonyl (C=O) groups excluding carboxylic acids is 1. The molecule has 2 N–H and O–H groups in total. The molecule has 0 aliphatic heterocycles. The monoisotopic (exact) mass is 585 g/mol. The van der Waals surface area contributed by atoms with Gasteiger partial charge in [0.25, 0.3) is 10.0 Å². The zero-order chi connectivity index (χ0) is 29.5. The Kier molecular flexibility index (Phi) is 9.07. The number of aryl methyl sites for hydroxylation is 1. The fraction of sp³-hybridized carbons (Fsp3) is 0.273. The summed E-state index contributed by atoms with van der Waals surface area (Å²) in [4.78, 5) is 16.8. The minimum absolute atomic E-state index is 0.0199. The summed E-state index contributed by atoms with van der Waals surface area (Å²) in [5.41, 5.74) is 4.26. The number of nitrogens with one attached hydrogen (secondary N) is 2. The van der Waals surface area contributed by atoms with E-state index in [1.54, 1.807) is 56.8 Å². The Morgan fingerprint density at radius 2 is 1.62 bits per heavy atom. The van der Waals surface area contributed by atoms with Crippen LogP contribution >= 0.6 is 0 Å². The molecule has 0 saturated heterocycles. The average molecular weight is 586 g/mol. The van der Waals surface area contributed by atoms with Crippen molar-refractivity contribution in [1.29, 1.82) is 0 Å². The van der Waals surface area contributed by atoms with Crippen LogP contribution in [0.1, 0.15) is 53.9 Å². The van der Waals surface area contributed by atoms with Gasteiger partial charge < -0.3 is 14.8 Å². The van der Waals surface area contributed by atoms with Gasteiger partial charge in [0, 0.05) is 24.0 Å². The zero-order valence-corrected chi connectivity index (χ0v) is 24.6. The number of ether oxygens (including phenoxy) is 2. The molecule has 3 aromatic carbocycles. The summed E-state index contributed by atoms with van der Waals surface area (Å²) in [5.74, 6) is 1.43. The van der Waals surface area contributed by atoms with E-state index in [1.807, 2.05) is 30.3 Å². The summed E-state index contributed by atoms with van der Waals surface area (Å²) < 4.78 is 39.5. The van der Waals surface area contributed by atoms with E-state index in [2.05, 4.69) is 27.2 Å². The first kappa shape index (κ1) is 29.1. The molecule has 42 heavy (non-hydrogen) atoms. The Bertz CT molecular complexity index is 1620. The number of amides is 2. The number of urea groups is 1. The first-order valence-electron chi connectivity index (χ1n) is 14.1. The summed E-state index contributed by atoms with van der Waals surface area (Å²) in [6.07, 6.45) is 8.92. The largest absolute Gasteiger partial charge is 0.493 e. The molecule has 1 saturated carbocycles. The molecule has 1 heterocycles. The van der Waals surface area contributed by atoms with Crippen molar-refractivity contribution in [3.63, 3.8) is 0 Å². The van der Waals surface area contributed by atoms with Crippen LogP contribution in [0.4, 0.5) is 10.5 Å². The van der Waals surface area contributed by atoms with Crippen molar-refractivity contribution in [2.75, 3.05) is 12.4 Å². The van der Waals surface area contributed by atoms with Gasteiger partial charge in [0.1, 0.15) is 0 Å². The minimum atomic E-state index is -4.01. The van der Waals surface area contributed by atoms with Gasteiger partial charge in [-0.15, -0.1) is 0 Å². The van der Waals surface area contributed by atoms with Gasteiger partial charge in [-0.05, 0) is 104 Å². The van der Waals surface area contributed by atoms with E-state index in [-0.39, 0.29) is 16.9 Å².